The quantitative estimate of drug-likeness (QED) is 0.841. The van der Waals surface area contributed by atoms with Gasteiger partial charge in [-0.3, -0.25) is 0 Å². The first-order valence-electron chi connectivity index (χ1n) is 5.12. The molecule has 0 saturated heterocycles. The zero-order chi connectivity index (χ0) is 12.9. The number of hydrogen-bond donors (Lipinski definition) is 2. The van der Waals surface area contributed by atoms with Gasteiger partial charge in [0.05, 0.1) is 12.3 Å². The highest BCUT2D eigenvalue weighted by Gasteiger charge is 2.26. The van der Waals surface area contributed by atoms with E-state index in [2.05, 4.69) is 10.3 Å². The summed E-state index contributed by atoms with van der Waals surface area (Å²) in [5, 5.41) is 2.16. The van der Waals surface area contributed by atoms with Gasteiger partial charge in [-0.2, -0.15) is 18.2 Å². The van der Waals surface area contributed by atoms with Crippen LogP contribution in [0.3, 0.4) is 0 Å². The van der Waals surface area contributed by atoms with Gasteiger partial charge in [-0.25, -0.2) is 0 Å². The van der Waals surface area contributed by atoms with Crippen molar-refractivity contribution in [2.75, 3.05) is 24.2 Å². The van der Waals surface area contributed by atoms with Gasteiger partial charge < -0.3 is 15.8 Å². The second-order valence-corrected chi connectivity index (χ2v) is 3.41. The molecule has 4 nitrogen and oxygen atoms in total. The van der Waals surface area contributed by atoms with Crippen molar-refractivity contribution >= 4 is 11.5 Å². The molecule has 1 aromatic heterocycles. The highest BCUT2D eigenvalue weighted by molar-refractivity contribution is 5.53. The SMILES string of the molecule is CCCOc1nc(NCC(F)(F)F)ccc1N. The number of halogens is 3. The van der Waals surface area contributed by atoms with Crippen molar-refractivity contribution in [1.29, 1.82) is 0 Å². The maximum absolute atomic E-state index is 12.0. The van der Waals surface area contributed by atoms with Crippen LogP contribution >= 0.6 is 0 Å². The lowest BCUT2D eigenvalue weighted by molar-refractivity contribution is -0.115. The van der Waals surface area contributed by atoms with Crippen molar-refractivity contribution in [3.05, 3.63) is 12.1 Å². The Hall–Kier alpha value is -1.66. The highest BCUT2D eigenvalue weighted by Crippen LogP contribution is 2.22. The molecule has 0 amide bonds. The lowest BCUT2D eigenvalue weighted by atomic mass is 10.4. The van der Waals surface area contributed by atoms with Gasteiger partial charge in [0.2, 0.25) is 5.88 Å². The number of nitrogens with one attached hydrogen (secondary N) is 1. The fourth-order valence-electron chi connectivity index (χ4n) is 1.05. The average molecular weight is 249 g/mol. The number of nitrogen functional groups attached to an aromatic ring is 1. The standard InChI is InChI=1S/C10H14F3N3O/c1-2-5-17-9-7(14)3-4-8(16-9)15-6-10(11,12)13/h3-4H,2,5-6,14H2,1H3,(H,15,16). The summed E-state index contributed by atoms with van der Waals surface area (Å²) in [5.74, 6) is 0.238. The van der Waals surface area contributed by atoms with Gasteiger partial charge in [0.15, 0.2) is 0 Å². The van der Waals surface area contributed by atoms with E-state index in [-0.39, 0.29) is 11.7 Å². The predicted molar refractivity (Wildman–Crippen MR) is 59.0 cm³/mol. The third-order valence-electron chi connectivity index (χ3n) is 1.80. The number of rotatable bonds is 5. The van der Waals surface area contributed by atoms with Gasteiger partial charge in [0.25, 0.3) is 0 Å². The van der Waals surface area contributed by atoms with E-state index in [9.17, 15) is 13.2 Å². The summed E-state index contributed by atoms with van der Waals surface area (Å²) in [4.78, 5) is 3.85. The van der Waals surface area contributed by atoms with Gasteiger partial charge >= 0.3 is 6.18 Å². The van der Waals surface area contributed by atoms with E-state index in [1.54, 1.807) is 0 Å². The minimum Gasteiger partial charge on any atom is -0.476 e. The Kier molecular flexibility index (Phi) is 4.42. The van der Waals surface area contributed by atoms with Crippen LogP contribution in [0.5, 0.6) is 5.88 Å². The number of nitrogens with two attached hydrogens (primary N) is 1. The summed E-state index contributed by atoms with van der Waals surface area (Å²) >= 11 is 0. The van der Waals surface area contributed by atoms with Crippen LogP contribution in [0.15, 0.2) is 12.1 Å². The van der Waals surface area contributed by atoms with Gasteiger partial charge in [-0.1, -0.05) is 6.92 Å². The van der Waals surface area contributed by atoms with Crippen molar-refractivity contribution in [3.63, 3.8) is 0 Å². The van der Waals surface area contributed by atoms with E-state index < -0.39 is 12.7 Å². The molecule has 0 spiro atoms. The molecule has 0 radical (unpaired) electrons. The van der Waals surface area contributed by atoms with Gasteiger partial charge in [0.1, 0.15) is 12.4 Å². The number of aromatic nitrogens is 1. The normalized spacial score (nSPS) is 11.3. The van der Waals surface area contributed by atoms with Crippen LogP contribution in [0.4, 0.5) is 24.7 Å². The third-order valence-corrected chi connectivity index (χ3v) is 1.80. The Morgan fingerprint density at radius 2 is 2.12 bits per heavy atom. The molecule has 0 bridgehead atoms. The number of pyridine rings is 1. The molecule has 1 rings (SSSR count). The van der Waals surface area contributed by atoms with E-state index in [1.165, 1.54) is 12.1 Å². The second-order valence-electron chi connectivity index (χ2n) is 3.41. The Morgan fingerprint density at radius 1 is 1.41 bits per heavy atom. The van der Waals surface area contributed by atoms with Crippen LogP contribution in [0.25, 0.3) is 0 Å². The van der Waals surface area contributed by atoms with Crippen LogP contribution in [0.1, 0.15) is 13.3 Å². The minimum absolute atomic E-state index is 0.0858. The van der Waals surface area contributed by atoms with Gasteiger partial charge in [-0.15, -0.1) is 0 Å². The molecule has 1 aromatic rings. The number of alkyl halides is 3. The van der Waals surface area contributed by atoms with Crippen LogP contribution < -0.4 is 15.8 Å². The number of ether oxygens (including phenoxy) is 1. The van der Waals surface area contributed by atoms with E-state index in [4.69, 9.17) is 10.5 Å². The maximum Gasteiger partial charge on any atom is 0.405 e. The van der Waals surface area contributed by atoms with Crippen molar-refractivity contribution in [3.8, 4) is 5.88 Å². The van der Waals surface area contributed by atoms with E-state index in [1.807, 2.05) is 6.92 Å². The lowest BCUT2D eigenvalue weighted by Crippen LogP contribution is -2.21. The Morgan fingerprint density at radius 3 is 2.71 bits per heavy atom. The number of nitrogens with zero attached hydrogens (tertiary/aromatic N) is 1. The fraction of sp³-hybridized carbons (Fsp3) is 0.500. The summed E-state index contributed by atoms with van der Waals surface area (Å²) in [6.07, 6.45) is -3.52. The number of anilines is 2. The molecular formula is C10H14F3N3O. The summed E-state index contributed by atoms with van der Waals surface area (Å²) in [7, 11) is 0. The molecule has 0 aliphatic rings. The first kappa shape index (κ1) is 13.4. The lowest BCUT2D eigenvalue weighted by Gasteiger charge is -2.11. The average Bonchev–Trinajstić information content (AvgIpc) is 2.25. The van der Waals surface area contributed by atoms with Crippen molar-refractivity contribution in [2.24, 2.45) is 0 Å². The summed E-state index contributed by atoms with van der Waals surface area (Å²) in [6.45, 7) is 1.18. The van der Waals surface area contributed by atoms with Crippen molar-refractivity contribution < 1.29 is 17.9 Å². The molecule has 0 atom stereocenters. The Labute approximate surface area is 97.0 Å². The summed E-state index contributed by atoms with van der Waals surface area (Å²) in [5.41, 5.74) is 5.88. The van der Waals surface area contributed by atoms with E-state index >= 15 is 0 Å². The molecule has 0 aliphatic carbocycles. The highest BCUT2D eigenvalue weighted by atomic mass is 19.4. The van der Waals surface area contributed by atoms with Crippen LogP contribution in [0, 0.1) is 0 Å². The molecule has 0 unspecified atom stereocenters. The molecule has 0 fully saturated rings. The largest absolute Gasteiger partial charge is 0.476 e. The molecule has 0 saturated carbocycles. The molecule has 1 heterocycles. The Balaban J connectivity index is 2.67. The molecule has 0 aromatic carbocycles. The molecular weight excluding hydrogens is 235 g/mol. The second kappa shape index (κ2) is 5.60. The van der Waals surface area contributed by atoms with Crippen molar-refractivity contribution in [1.82, 2.24) is 4.98 Å². The van der Waals surface area contributed by atoms with Gasteiger partial charge in [-0.05, 0) is 18.6 Å². The van der Waals surface area contributed by atoms with Crippen molar-refractivity contribution in [2.45, 2.75) is 19.5 Å². The van der Waals surface area contributed by atoms with E-state index in [0.717, 1.165) is 6.42 Å². The number of hydrogen-bond acceptors (Lipinski definition) is 4. The zero-order valence-corrected chi connectivity index (χ0v) is 9.34. The van der Waals surface area contributed by atoms with Crippen LogP contribution in [-0.4, -0.2) is 24.3 Å². The molecule has 7 heteroatoms. The maximum atomic E-state index is 12.0. The Bertz CT molecular complexity index is 368. The summed E-state index contributed by atoms with van der Waals surface area (Å²) in [6, 6.07) is 2.83. The monoisotopic (exact) mass is 249 g/mol. The molecule has 17 heavy (non-hydrogen) atoms. The molecule has 3 N–H and O–H groups in total. The first-order valence-corrected chi connectivity index (χ1v) is 5.12. The molecule has 0 aliphatic heterocycles. The fourth-order valence-corrected chi connectivity index (χ4v) is 1.05. The van der Waals surface area contributed by atoms with E-state index in [0.29, 0.717) is 12.3 Å². The smallest absolute Gasteiger partial charge is 0.405 e. The van der Waals surface area contributed by atoms with Gasteiger partial charge in [0, 0.05) is 0 Å². The minimum atomic E-state index is -4.28. The third kappa shape index (κ3) is 4.80. The summed E-state index contributed by atoms with van der Waals surface area (Å²) < 4.78 is 41.1. The van der Waals surface area contributed by atoms with Crippen LogP contribution in [0.2, 0.25) is 0 Å². The predicted octanol–water partition coefficient (Wildman–Crippen LogP) is 2.43. The topological polar surface area (TPSA) is 60.2 Å². The first-order chi connectivity index (χ1) is 7.92. The molecule has 96 valence electrons. The van der Waals surface area contributed by atoms with Crippen LogP contribution in [-0.2, 0) is 0 Å². The zero-order valence-electron chi connectivity index (χ0n) is 9.34.